The topological polar surface area (TPSA) is 89.5 Å². The third kappa shape index (κ3) is 3.01. The average Bonchev–Trinajstić information content (AvgIpc) is 2.38. The van der Waals surface area contributed by atoms with Crippen LogP contribution < -0.4 is 5.73 Å². The van der Waals surface area contributed by atoms with Crippen molar-refractivity contribution in [3.63, 3.8) is 0 Å². The molecule has 0 aromatic heterocycles. The minimum Gasteiger partial charge on any atom is -0.393 e. The summed E-state index contributed by atoms with van der Waals surface area (Å²) in [5.41, 5.74) is 5.35. The summed E-state index contributed by atoms with van der Waals surface area (Å²) >= 11 is 0. The largest absolute Gasteiger partial charge is 0.393 e. The van der Waals surface area contributed by atoms with E-state index >= 15 is 0 Å². The minimum atomic E-state index is -0.604. The summed E-state index contributed by atoms with van der Waals surface area (Å²) in [6.07, 6.45) is 0.787. The second-order valence-electron chi connectivity index (χ2n) is 4.35. The Morgan fingerprint density at radius 1 is 1.47 bits per heavy atom. The van der Waals surface area contributed by atoms with Gasteiger partial charge in [0.15, 0.2) is 0 Å². The van der Waals surface area contributed by atoms with Crippen LogP contribution >= 0.6 is 0 Å². The van der Waals surface area contributed by atoms with Crippen LogP contribution in [-0.2, 0) is 0 Å². The molecule has 0 aliphatic carbocycles. The van der Waals surface area contributed by atoms with E-state index in [0.29, 0.717) is 6.54 Å². The number of anilines is 1. The Labute approximate surface area is 112 Å². The molecule has 0 saturated carbocycles. The van der Waals surface area contributed by atoms with Gasteiger partial charge in [-0.15, -0.1) is 0 Å². The van der Waals surface area contributed by atoms with Crippen molar-refractivity contribution in [3.8, 4) is 0 Å². The standard InChI is InChI=1S/C13H19N3O3/c1-4-9(3)15(5-2)13(17)10-7-6-8-11(14)12(10)16(18)19/h6-9H,4-5,14H2,1-3H3. The molecule has 0 spiro atoms. The second kappa shape index (κ2) is 6.17. The van der Waals surface area contributed by atoms with E-state index in [1.54, 1.807) is 11.0 Å². The molecule has 6 heteroatoms. The Bertz CT molecular complexity index is 488. The first-order valence-corrected chi connectivity index (χ1v) is 6.27. The molecule has 0 aliphatic heterocycles. The van der Waals surface area contributed by atoms with E-state index in [1.165, 1.54) is 12.1 Å². The van der Waals surface area contributed by atoms with Crippen molar-refractivity contribution in [1.29, 1.82) is 0 Å². The van der Waals surface area contributed by atoms with Crippen molar-refractivity contribution >= 4 is 17.3 Å². The van der Waals surface area contributed by atoms with Crippen LogP contribution in [0.5, 0.6) is 0 Å². The molecule has 1 atom stereocenters. The lowest BCUT2D eigenvalue weighted by Crippen LogP contribution is -2.38. The summed E-state index contributed by atoms with van der Waals surface area (Å²) in [6.45, 7) is 6.23. The molecule has 104 valence electrons. The number of rotatable bonds is 5. The van der Waals surface area contributed by atoms with E-state index in [-0.39, 0.29) is 28.9 Å². The maximum absolute atomic E-state index is 12.4. The summed E-state index contributed by atoms with van der Waals surface area (Å²) in [7, 11) is 0. The van der Waals surface area contributed by atoms with Crippen LogP contribution in [0.3, 0.4) is 0 Å². The lowest BCUT2D eigenvalue weighted by molar-refractivity contribution is -0.384. The van der Waals surface area contributed by atoms with Crippen molar-refractivity contribution in [3.05, 3.63) is 33.9 Å². The predicted molar refractivity (Wildman–Crippen MR) is 74.0 cm³/mol. The van der Waals surface area contributed by atoms with E-state index < -0.39 is 4.92 Å². The molecule has 19 heavy (non-hydrogen) atoms. The molecule has 0 saturated heterocycles. The molecule has 2 N–H and O–H groups in total. The zero-order valence-corrected chi connectivity index (χ0v) is 11.4. The summed E-state index contributed by atoms with van der Waals surface area (Å²) in [5, 5.41) is 11.1. The van der Waals surface area contributed by atoms with Gasteiger partial charge in [0.2, 0.25) is 0 Å². The fourth-order valence-corrected chi connectivity index (χ4v) is 1.97. The molecule has 0 fully saturated rings. The molecule has 0 heterocycles. The average molecular weight is 265 g/mol. The SMILES string of the molecule is CCC(C)N(CC)C(=O)c1cccc(N)c1[N+](=O)[O-]. The first kappa shape index (κ1) is 14.9. The Morgan fingerprint density at radius 2 is 2.11 bits per heavy atom. The zero-order valence-electron chi connectivity index (χ0n) is 11.4. The van der Waals surface area contributed by atoms with Gasteiger partial charge < -0.3 is 10.6 Å². The molecule has 1 unspecified atom stereocenters. The molecule has 1 amide bonds. The minimum absolute atomic E-state index is 0.0102. The second-order valence-corrected chi connectivity index (χ2v) is 4.35. The van der Waals surface area contributed by atoms with Crippen LogP contribution in [0.1, 0.15) is 37.6 Å². The molecule has 0 aliphatic rings. The normalized spacial score (nSPS) is 11.9. The first-order chi connectivity index (χ1) is 8.93. The van der Waals surface area contributed by atoms with Crippen molar-refractivity contribution in [2.24, 2.45) is 0 Å². The van der Waals surface area contributed by atoms with Crippen LogP contribution in [0, 0.1) is 10.1 Å². The predicted octanol–water partition coefficient (Wildman–Crippen LogP) is 2.44. The lowest BCUT2D eigenvalue weighted by Gasteiger charge is -2.27. The number of nitrogens with two attached hydrogens (primary N) is 1. The maximum atomic E-state index is 12.4. The van der Waals surface area contributed by atoms with Gasteiger partial charge >= 0.3 is 5.69 Å². The Balaban J connectivity index is 3.26. The van der Waals surface area contributed by atoms with Crippen LogP contribution in [-0.4, -0.2) is 28.3 Å². The van der Waals surface area contributed by atoms with Crippen molar-refractivity contribution in [2.45, 2.75) is 33.2 Å². The number of nitro benzene ring substituents is 1. The van der Waals surface area contributed by atoms with Gasteiger partial charge in [-0.2, -0.15) is 0 Å². The van der Waals surface area contributed by atoms with Gasteiger partial charge in [-0.05, 0) is 32.4 Å². The van der Waals surface area contributed by atoms with Gasteiger partial charge in [0.25, 0.3) is 5.91 Å². The number of carbonyl (C=O) groups is 1. The van der Waals surface area contributed by atoms with Gasteiger partial charge in [-0.1, -0.05) is 13.0 Å². The first-order valence-electron chi connectivity index (χ1n) is 6.27. The molecule has 1 aromatic rings. The van der Waals surface area contributed by atoms with Crippen LogP contribution in [0.4, 0.5) is 11.4 Å². The number of nitrogens with zero attached hydrogens (tertiary/aromatic N) is 2. The van der Waals surface area contributed by atoms with Gasteiger partial charge in [0.1, 0.15) is 11.3 Å². The van der Waals surface area contributed by atoms with Crippen LogP contribution in [0.15, 0.2) is 18.2 Å². The fraction of sp³-hybridized carbons (Fsp3) is 0.462. The number of nitro groups is 1. The molecule has 6 nitrogen and oxygen atoms in total. The Hall–Kier alpha value is -2.11. The lowest BCUT2D eigenvalue weighted by atomic mass is 10.1. The number of amides is 1. The molecule has 1 rings (SSSR count). The monoisotopic (exact) mass is 265 g/mol. The van der Waals surface area contributed by atoms with Crippen molar-refractivity contribution in [2.75, 3.05) is 12.3 Å². The number of para-hydroxylation sites is 1. The summed E-state index contributed by atoms with van der Waals surface area (Å²) in [5.74, 6) is -0.351. The van der Waals surface area contributed by atoms with Crippen LogP contribution in [0.25, 0.3) is 0 Å². The number of hydrogen-bond acceptors (Lipinski definition) is 4. The number of benzene rings is 1. The number of hydrogen-bond donors (Lipinski definition) is 1. The third-order valence-electron chi connectivity index (χ3n) is 3.20. The summed E-state index contributed by atoms with van der Waals surface area (Å²) < 4.78 is 0. The van der Waals surface area contributed by atoms with Gasteiger partial charge in [-0.25, -0.2) is 0 Å². The third-order valence-corrected chi connectivity index (χ3v) is 3.20. The van der Waals surface area contributed by atoms with Crippen LogP contribution in [0.2, 0.25) is 0 Å². The highest BCUT2D eigenvalue weighted by Crippen LogP contribution is 2.27. The molecule has 0 radical (unpaired) electrons. The molecular formula is C13H19N3O3. The Morgan fingerprint density at radius 3 is 2.58 bits per heavy atom. The quantitative estimate of drug-likeness (QED) is 0.503. The summed E-state index contributed by atoms with van der Waals surface area (Å²) in [6, 6.07) is 4.45. The van der Waals surface area contributed by atoms with E-state index in [1.807, 2.05) is 20.8 Å². The molecule has 1 aromatic carbocycles. The zero-order chi connectivity index (χ0) is 14.6. The highest BCUT2D eigenvalue weighted by Gasteiger charge is 2.27. The Kier molecular flexibility index (Phi) is 4.86. The molecule has 0 bridgehead atoms. The fourth-order valence-electron chi connectivity index (χ4n) is 1.97. The van der Waals surface area contributed by atoms with E-state index in [0.717, 1.165) is 6.42 Å². The van der Waals surface area contributed by atoms with Gasteiger partial charge in [0.05, 0.1) is 4.92 Å². The highest BCUT2D eigenvalue weighted by molar-refractivity contribution is 6.00. The molecular weight excluding hydrogens is 246 g/mol. The van der Waals surface area contributed by atoms with E-state index in [2.05, 4.69) is 0 Å². The van der Waals surface area contributed by atoms with Gasteiger partial charge in [-0.3, -0.25) is 14.9 Å². The maximum Gasteiger partial charge on any atom is 0.304 e. The summed E-state index contributed by atoms with van der Waals surface area (Å²) in [4.78, 5) is 24.5. The highest BCUT2D eigenvalue weighted by atomic mass is 16.6. The van der Waals surface area contributed by atoms with E-state index in [9.17, 15) is 14.9 Å². The smallest absolute Gasteiger partial charge is 0.304 e. The van der Waals surface area contributed by atoms with Crippen molar-refractivity contribution in [1.82, 2.24) is 4.90 Å². The number of carbonyl (C=O) groups excluding carboxylic acids is 1. The number of nitrogen functional groups attached to an aromatic ring is 1. The van der Waals surface area contributed by atoms with Crippen molar-refractivity contribution < 1.29 is 9.72 Å². The van der Waals surface area contributed by atoms with Gasteiger partial charge in [0, 0.05) is 12.6 Å². The van der Waals surface area contributed by atoms with E-state index in [4.69, 9.17) is 5.73 Å².